The van der Waals surface area contributed by atoms with Crippen LogP contribution in [0.2, 0.25) is 0 Å². The molecule has 5 nitrogen and oxygen atoms in total. The van der Waals surface area contributed by atoms with Crippen LogP contribution in [0.1, 0.15) is 19.2 Å². The van der Waals surface area contributed by atoms with Gasteiger partial charge in [-0.3, -0.25) is 4.90 Å². The molecule has 0 radical (unpaired) electrons. The molecule has 0 unspecified atom stereocenters. The minimum absolute atomic E-state index is 0.525. The van der Waals surface area contributed by atoms with Crippen molar-refractivity contribution in [3.63, 3.8) is 0 Å². The van der Waals surface area contributed by atoms with Gasteiger partial charge in [0.1, 0.15) is 5.82 Å². The number of piperazine rings is 1. The number of imidazole rings is 1. The molecular formula is C17H23N5. The van der Waals surface area contributed by atoms with E-state index in [4.69, 9.17) is 10.2 Å². The van der Waals surface area contributed by atoms with Gasteiger partial charge >= 0.3 is 0 Å². The first kappa shape index (κ1) is 15.0. The number of fused-ring (bicyclic) bond motifs is 1. The van der Waals surface area contributed by atoms with Crippen LogP contribution in [0.3, 0.4) is 0 Å². The molecule has 0 saturated carbocycles. The summed E-state index contributed by atoms with van der Waals surface area (Å²) in [6.07, 6.45) is 0.525. The molecule has 0 bridgehead atoms. The van der Waals surface area contributed by atoms with Gasteiger partial charge in [-0.2, -0.15) is 5.26 Å². The van der Waals surface area contributed by atoms with Gasteiger partial charge in [0.2, 0.25) is 0 Å². The Morgan fingerprint density at radius 1 is 1.14 bits per heavy atom. The molecule has 1 aromatic carbocycles. The summed E-state index contributed by atoms with van der Waals surface area (Å²) < 4.78 is 2.21. The monoisotopic (exact) mass is 297 g/mol. The lowest BCUT2D eigenvalue weighted by atomic mass is 10.3. The Kier molecular flexibility index (Phi) is 4.71. The second-order valence-corrected chi connectivity index (χ2v) is 5.79. The highest BCUT2D eigenvalue weighted by molar-refractivity contribution is 5.75. The third-order valence-corrected chi connectivity index (χ3v) is 4.46. The minimum Gasteiger partial charge on any atom is -0.326 e. The van der Waals surface area contributed by atoms with E-state index >= 15 is 0 Å². The van der Waals surface area contributed by atoms with Gasteiger partial charge in [-0.05, 0) is 18.7 Å². The van der Waals surface area contributed by atoms with Crippen molar-refractivity contribution in [2.45, 2.75) is 26.4 Å². The lowest BCUT2D eigenvalue weighted by Crippen LogP contribution is -2.45. The Balaban J connectivity index is 1.79. The highest BCUT2D eigenvalue weighted by atomic mass is 15.3. The average Bonchev–Trinajstić information content (AvgIpc) is 2.91. The van der Waals surface area contributed by atoms with Crippen molar-refractivity contribution in [3.05, 3.63) is 30.1 Å². The first-order valence-corrected chi connectivity index (χ1v) is 8.07. The van der Waals surface area contributed by atoms with E-state index in [2.05, 4.69) is 39.5 Å². The molecule has 0 spiro atoms. The number of nitrogens with zero attached hydrogens (tertiary/aromatic N) is 5. The summed E-state index contributed by atoms with van der Waals surface area (Å²) >= 11 is 0. The number of nitriles is 1. The summed E-state index contributed by atoms with van der Waals surface area (Å²) in [6, 6.07) is 10.5. The van der Waals surface area contributed by atoms with Crippen LogP contribution in [0.15, 0.2) is 24.3 Å². The van der Waals surface area contributed by atoms with Crippen LogP contribution in [0, 0.1) is 11.3 Å². The van der Waals surface area contributed by atoms with Crippen LogP contribution in [0.25, 0.3) is 11.0 Å². The van der Waals surface area contributed by atoms with Crippen molar-refractivity contribution in [2.75, 3.05) is 32.7 Å². The van der Waals surface area contributed by atoms with Crippen LogP contribution >= 0.6 is 0 Å². The molecule has 1 aliphatic heterocycles. The maximum absolute atomic E-state index is 8.91. The van der Waals surface area contributed by atoms with Crippen molar-refractivity contribution in [2.24, 2.45) is 0 Å². The number of rotatable bonds is 5. The first-order valence-electron chi connectivity index (χ1n) is 8.07. The summed E-state index contributed by atoms with van der Waals surface area (Å²) in [5.74, 6) is 1.08. The lowest BCUT2D eigenvalue weighted by molar-refractivity contribution is 0.128. The van der Waals surface area contributed by atoms with Gasteiger partial charge in [0.25, 0.3) is 0 Å². The molecule has 0 amide bonds. The van der Waals surface area contributed by atoms with Crippen LogP contribution in [0.5, 0.6) is 0 Å². The Hall–Kier alpha value is -1.90. The van der Waals surface area contributed by atoms with E-state index in [1.165, 1.54) is 0 Å². The van der Waals surface area contributed by atoms with Crippen LogP contribution < -0.4 is 0 Å². The van der Waals surface area contributed by atoms with E-state index in [0.717, 1.165) is 62.7 Å². The molecule has 1 aliphatic rings. The number of hydrogen-bond acceptors (Lipinski definition) is 4. The summed E-state index contributed by atoms with van der Waals surface area (Å²) in [5, 5.41) is 8.91. The summed E-state index contributed by atoms with van der Waals surface area (Å²) in [7, 11) is 0. The van der Waals surface area contributed by atoms with E-state index in [0.29, 0.717) is 6.42 Å². The van der Waals surface area contributed by atoms with Crippen molar-refractivity contribution in [3.8, 4) is 6.07 Å². The maximum Gasteiger partial charge on any atom is 0.124 e. The van der Waals surface area contributed by atoms with E-state index < -0.39 is 0 Å². The zero-order valence-corrected chi connectivity index (χ0v) is 13.2. The minimum atomic E-state index is 0.525. The molecular weight excluding hydrogens is 274 g/mol. The summed E-state index contributed by atoms with van der Waals surface area (Å²) in [4.78, 5) is 9.75. The number of para-hydroxylation sites is 2. The topological polar surface area (TPSA) is 48.1 Å². The molecule has 0 N–H and O–H groups in total. The highest BCUT2D eigenvalue weighted by Crippen LogP contribution is 2.18. The van der Waals surface area contributed by atoms with Gasteiger partial charge in [-0.15, -0.1) is 0 Å². The molecule has 116 valence electrons. The van der Waals surface area contributed by atoms with Crippen molar-refractivity contribution in [1.82, 2.24) is 19.4 Å². The van der Waals surface area contributed by atoms with Crippen molar-refractivity contribution in [1.29, 1.82) is 5.26 Å². The molecule has 1 fully saturated rings. The molecule has 1 saturated heterocycles. The second kappa shape index (κ2) is 6.91. The molecule has 1 aromatic heterocycles. The van der Waals surface area contributed by atoms with E-state index in [1.807, 2.05) is 12.1 Å². The molecule has 2 aromatic rings. The first-order chi connectivity index (χ1) is 10.8. The molecule has 0 aliphatic carbocycles. The fourth-order valence-electron chi connectivity index (χ4n) is 3.12. The lowest BCUT2D eigenvalue weighted by Gasteiger charge is -2.33. The second-order valence-electron chi connectivity index (χ2n) is 5.79. The number of aromatic nitrogens is 2. The number of benzene rings is 1. The van der Waals surface area contributed by atoms with E-state index in [-0.39, 0.29) is 0 Å². The van der Waals surface area contributed by atoms with Gasteiger partial charge in [-0.1, -0.05) is 19.1 Å². The van der Waals surface area contributed by atoms with Gasteiger partial charge in [0, 0.05) is 32.7 Å². The standard InChI is InChI=1S/C17H23N5/c1-2-20-10-12-21(13-11-20)14-17-19-15-6-3-4-7-16(15)22(17)9-5-8-18/h3-4,6-7H,2,5,9-14H2,1H3. The van der Waals surface area contributed by atoms with Gasteiger partial charge in [0.15, 0.2) is 0 Å². The predicted molar refractivity (Wildman–Crippen MR) is 87.4 cm³/mol. The Labute approximate surface area is 131 Å². The zero-order valence-electron chi connectivity index (χ0n) is 13.2. The van der Waals surface area contributed by atoms with E-state index in [1.54, 1.807) is 0 Å². The maximum atomic E-state index is 8.91. The molecule has 0 atom stereocenters. The van der Waals surface area contributed by atoms with Crippen LogP contribution in [-0.4, -0.2) is 52.1 Å². The van der Waals surface area contributed by atoms with Gasteiger partial charge < -0.3 is 9.47 Å². The number of hydrogen-bond donors (Lipinski definition) is 0. The molecule has 22 heavy (non-hydrogen) atoms. The van der Waals surface area contributed by atoms with Gasteiger partial charge in [0.05, 0.1) is 30.1 Å². The predicted octanol–water partition coefficient (Wildman–Crippen LogP) is 2.09. The third kappa shape index (κ3) is 3.13. The normalized spacial score (nSPS) is 16.9. The Morgan fingerprint density at radius 3 is 2.59 bits per heavy atom. The van der Waals surface area contributed by atoms with Crippen LogP contribution in [0.4, 0.5) is 0 Å². The third-order valence-electron chi connectivity index (χ3n) is 4.46. The van der Waals surface area contributed by atoms with Crippen molar-refractivity contribution < 1.29 is 0 Å². The largest absolute Gasteiger partial charge is 0.326 e. The van der Waals surface area contributed by atoms with E-state index in [9.17, 15) is 0 Å². The fourth-order valence-corrected chi connectivity index (χ4v) is 3.12. The Bertz CT molecular complexity index is 661. The number of aryl methyl sites for hydroxylation is 1. The average molecular weight is 297 g/mol. The summed E-state index contributed by atoms with van der Waals surface area (Å²) in [6.45, 7) is 9.40. The summed E-state index contributed by atoms with van der Waals surface area (Å²) in [5.41, 5.74) is 2.17. The molecule has 3 rings (SSSR count). The molecule has 5 heteroatoms. The SMILES string of the molecule is CCN1CCN(Cc2nc3ccccc3n2CCC#N)CC1. The molecule has 2 heterocycles. The number of likely N-dealkylation sites (N-methyl/N-ethyl adjacent to an activating group) is 1. The quantitative estimate of drug-likeness (QED) is 0.848. The zero-order chi connectivity index (χ0) is 15.4. The van der Waals surface area contributed by atoms with Gasteiger partial charge in [-0.25, -0.2) is 4.98 Å². The Morgan fingerprint density at radius 2 is 1.86 bits per heavy atom. The van der Waals surface area contributed by atoms with Crippen LogP contribution in [-0.2, 0) is 13.1 Å². The smallest absolute Gasteiger partial charge is 0.124 e. The fraction of sp³-hybridized carbons (Fsp3) is 0.529. The highest BCUT2D eigenvalue weighted by Gasteiger charge is 2.18. The van der Waals surface area contributed by atoms with Crippen molar-refractivity contribution >= 4 is 11.0 Å².